The van der Waals surface area contributed by atoms with Crippen molar-refractivity contribution >= 4 is 21.6 Å². The van der Waals surface area contributed by atoms with Crippen LogP contribution in [0.1, 0.15) is 10.4 Å². The Morgan fingerprint density at radius 2 is 1.93 bits per heavy atom. The van der Waals surface area contributed by atoms with Crippen molar-refractivity contribution in [2.75, 3.05) is 44.3 Å². The quantitative estimate of drug-likeness (QED) is 0.649. The van der Waals surface area contributed by atoms with Crippen LogP contribution in [0.5, 0.6) is 5.75 Å². The van der Waals surface area contributed by atoms with E-state index in [1.807, 2.05) is 0 Å². The van der Waals surface area contributed by atoms with Crippen LogP contribution in [0.25, 0.3) is 0 Å². The van der Waals surface area contributed by atoms with E-state index >= 15 is 0 Å². The van der Waals surface area contributed by atoms with Gasteiger partial charge in [-0.1, -0.05) is 24.3 Å². The molecule has 0 atom stereocenters. The van der Waals surface area contributed by atoms with Crippen molar-refractivity contribution in [2.45, 2.75) is 4.90 Å². The number of anilines is 1. The van der Waals surface area contributed by atoms with Crippen molar-refractivity contribution in [1.29, 1.82) is 0 Å². The lowest BCUT2D eigenvalue weighted by molar-refractivity contribution is 0.0302. The highest BCUT2D eigenvalue weighted by Crippen LogP contribution is 2.32. The van der Waals surface area contributed by atoms with Crippen LogP contribution in [-0.2, 0) is 14.8 Å². The zero-order valence-electron chi connectivity index (χ0n) is 16.3. The number of carbonyl (C=O) groups excluding carboxylic acids is 1. The maximum atomic E-state index is 13.4. The molecule has 0 unspecified atom stereocenters. The van der Waals surface area contributed by atoms with Crippen LogP contribution in [-0.4, -0.2) is 59.2 Å². The fraction of sp³-hybridized carbons (Fsp3) is 0.286. The summed E-state index contributed by atoms with van der Waals surface area (Å²) < 4.78 is 38.7. The minimum absolute atomic E-state index is 0.0318. The molecule has 0 spiro atoms. The van der Waals surface area contributed by atoms with Crippen molar-refractivity contribution in [3.63, 3.8) is 0 Å². The van der Waals surface area contributed by atoms with Crippen LogP contribution in [0.4, 0.5) is 5.69 Å². The Bertz CT molecular complexity index is 984. The van der Waals surface area contributed by atoms with Crippen LogP contribution in [0.15, 0.2) is 66.1 Å². The predicted molar refractivity (Wildman–Crippen MR) is 111 cm³/mol. The lowest BCUT2D eigenvalue weighted by Crippen LogP contribution is -2.40. The molecule has 8 heteroatoms. The smallest absolute Gasteiger partial charge is 0.264 e. The van der Waals surface area contributed by atoms with E-state index < -0.39 is 10.0 Å². The number of para-hydroxylation sites is 2. The molecule has 7 nitrogen and oxygen atoms in total. The summed E-state index contributed by atoms with van der Waals surface area (Å²) in [4.78, 5) is 14.5. The van der Waals surface area contributed by atoms with Gasteiger partial charge in [0.1, 0.15) is 5.75 Å². The molecule has 0 N–H and O–H groups in total. The van der Waals surface area contributed by atoms with Crippen molar-refractivity contribution < 1.29 is 22.7 Å². The van der Waals surface area contributed by atoms with Gasteiger partial charge >= 0.3 is 0 Å². The zero-order valence-corrected chi connectivity index (χ0v) is 17.1. The highest BCUT2D eigenvalue weighted by molar-refractivity contribution is 7.92. The molecule has 1 heterocycles. The van der Waals surface area contributed by atoms with E-state index in [0.29, 0.717) is 43.3 Å². The molecule has 1 fully saturated rings. The molecule has 1 saturated heterocycles. The first-order valence-corrected chi connectivity index (χ1v) is 10.7. The van der Waals surface area contributed by atoms with Crippen molar-refractivity contribution in [1.82, 2.24) is 4.90 Å². The molecule has 154 valence electrons. The molecule has 1 aliphatic heterocycles. The van der Waals surface area contributed by atoms with Crippen molar-refractivity contribution in [2.24, 2.45) is 0 Å². The summed E-state index contributed by atoms with van der Waals surface area (Å²) in [6.45, 7) is 5.66. The van der Waals surface area contributed by atoms with Gasteiger partial charge in [0.2, 0.25) is 0 Å². The third-order valence-corrected chi connectivity index (χ3v) is 6.39. The summed E-state index contributed by atoms with van der Waals surface area (Å²) in [5.41, 5.74) is 0.728. The zero-order chi connectivity index (χ0) is 20.9. The molecular weight excluding hydrogens is 392 g/mol. The molecule has 0 aliphatic carbocycles. The molecule has 0 aromatic heterocycles. The third kappa shape index (κ3) is 4.44. The average Bonchev–Trinajstić information content (AvgIpc) is 2.77. The van der Waals surface area contributed by atoms with Crippen LogP contribution >= 0.6 is 0 Å². The van der Waals surface area contributed by atoms with Gasteiger partial charge in [-0.3, -0.25) is 9.10 Å². The molecule has 2 aromatic carbocycles. The number of amides is 1. The van der Waals surface area contributed by atoms with Crippen molar-refractivity contribution in [3.8, 4) is 5.75 Å². The lowest BCUT2D eigenvalue weighted by Gasteiger charge is -2.27. The Hall–Kier alpha value is -2.84. The second-order valence-corrected chi connectivity index (χ2v) is 8.29. The van der Waals surface area contributed by atoms with Crippen molar-refractivity contribution in [3.05, 3.63) is 66.7 Å². The lowest BCUT2D eigenvalue weighted by atomic mass is 10.2. The molecule has 2 aromatic rings. The first kappa shape index (κ1) is 20.9. The monoisotopic (exact) mass is 416 g/mol. The number of carbonyl (C=O) groups is 1. The van der Waals surface area contributed by atoms with Gasteiger partial charge < -0.3 is 14.4 Å². The van der Waals surface area contributed by atoms with Gasteiger partial charge in [-0.05, 0) is 30.3 Å². The Kier molecular flexibility index (Phi) is 6.56. The molecule has 0 radical (unpaired) electrons. The van der Waals surface area contributed by atoms with Gasteiger partial charge in [-0.15, -0.1) is 6.58 Å². The molecule has 0 saturated carbocycles. The average molecular weight is 416 g/mol. The van der Waals surface area contributed by atoms with Crippen LogP contribution in [0, 0.1) is 0 Å². The summed E-state index contributed by atoms with van der Waals surface area (Å²) >= 11 is 0. The topological polar surface area (TPSA) is 76.2 Å². The largest absolute Gasteiger partial charge is 0.495 e. The van der Waals surface area contributed by atoms with Crippen LogP contribution < -0.4 is 9.04 Å². The van der Waals surface area contributed by atoms with Crippen LogP contribution in [0.3, 0.4) is 0 Å². The number of sulfonamides is 1. The number of methoxy groups -OCH3 is 1. The van der Waals surface area contributed by atoms with E-state index in [1.54, 1.807) is 41.3 Å². The summed E-state index contributed by atoms with van der Waals surface area (Å²) in [5.74, 6) is 0.219. The fourth-order valence-electron chi connectivity index (χ4n) is 3.14. The molecule has 0 bridgehead atoms. The van der Waals surface area contributed by atoms with Gasteiger partial charge in [0.05, 0.1) is 37.5 Å². The van der Waals surface area contributed by atoms with E-state index in [0.717, 1.165) is 0 Å². The number of benzene rings is 2. The summed E-state index contributed by atoms with van der Waals surface area (Å²) in [5, 5.41) is 0. The van der Waals surface area contributed by atoms with Gasteiger partial charge in [0, 0.05) is 18.7 Å². The second kappa shape index (κ2) is 9.11. The standard InChI is InChI=1S/C21H24N2O5S/c1-3-11-23(19-9-4-5-10-20(19)27-2)29(25,26)18-8-6-7-17(16-18)21(24)22-12-14-28-15-13-22/h3-10,16H,1,11-15H2,2H3. The number of rotatable bonds is 7. The number of nitrogens with zero attached hydrogens (tertiary/aromatic N) is 2. The minimum Gasteiger partial charge on any atom is -0.495 e. The SMILES string of the molecule is C=CCN(c1ccccc1OC)S(=O)(=O)c1cccc(C(=O)N2CCOCC2)c1. The predicted octanol–water partition coefficient (Wildman–Crippen LogP) is 2.55. The van der Waals surface area contributed by atoms with E-state index in [2.05, 4.69) is 6.58 Å². The number of hydrogen-bond donors (Lipinski definition) is 0. The minimum atomic E-state index is -3.95. The number of morpholine rings is 1. The molecule has 29 heavy (non-hydrogen) atoms. The first-order valence-electron chi connectivity index (χ1n) is 9.22. The van der Waals surface area contributed by atoms with E-state index in [4.69, 9.17) is 9.47 Å². The molecule has 3 rings (SSSR count). The van der Waals surface area contributed by atoms with Gasteiger partial charge in [0.25, 0.3) is 15.9 Å². The van der Waals surface area contributed by atoms with Crippen LogP contribution in [0.2, 0.25) is 0 Å². The Labute approximate surface area is 171 Å². The van der Waals surface area contributed by atoms with Gasteiger partial charge in [0.15, 0.2) is 0 Å². The van der Waals surface area contributed by atoms with E-state index in [-0.39, 0.29) is 17.3 Å². The Morgan fingerprint density at radius 1 is 1.21 bits per heavy atom. The molecular formula is C21H24N2O5S. The number of ether oxygens (including phenoxy) is 2. The Balaban J connectivity index is 1.98. The van der Waals surface area contributed by atoms with Gasteiger partial charge in [-0.2, -0.15) is 0 Å². The third-order valence-electron chi connectivity index (χ3n) is 4.62. The maximum absolute atomic E-state index is 13.4. The maximum Gasteiger partial charge on any atom is 0.264 e. The summed E-state index contributed by atoms with van der Waals surface area (Å²) in [6, 6.07) is 13.0. The Morgan fingerprint density at radius 3 is 2.62 bits per heavy atom. The molecule has 1 amide bonds. The highest BCUT2D eigenvalue weighted by atomic mass is 32.2. The normalized spacial score (nSPS) is 14.3. The van der Waals surface area contributed by atoms with E-state index in [9.17, 15) is 13.2 Å². The first-order chi connectivity index (χ1) is 14.0. The molecule has 1 aliphatic rings. The fourth-order valence-corrected chi connectivity index (χ4v) is 4.64. The summed E-state index contributed by atoms with van der Waals surface area (Å²) in [6.07, 6.45) is 1.51. The van der Waals surface area contributed by atoms with Gasteiger partial charge in [-0.25, -0.2) is 8.42 Å². The van der Waals surface area contributed by atoms with E-state index in [1.165, 1.54) is 29.6 Å². The number of hydrogen-bond acceptors (Lipinski definition) is 5. The summed E-state index contributed by atoms with van der Waals surface area (Å²) in [7, 11) is -2.46. The highest BCUT2D eigenvalue weighted by Gasteiger charge is 2.28. The second-order valence-electron chi connectivity index (χ2n) is 6.43.